The summed E-state index contributed by atoms with van der Waals surface area (Å²) in [4.78, 5) is 0. The van der Waals surface area contributed by atoms with Crippen LogP contribution < -0.4 is 14.8 Å². The Balaban J connectivity index is 1.54. The van der Waals surface area contributed by atoms with E-state index in [2.05, 4.69) is 20.6 Å². The quantitative estimate of drug-likeness (QED) is 0.499. The van der Waals surface area contributed by atoms with Crippen molar-refractivity contribution in [3.05, 3.63) is 47.7 Å². The van der Waals surface area contributed by atoms with E-state index in [1.807, 2.05) is 0 Å². The number of rotatable bonds is 1. The summed E-state index contributed by atoms with van der Waals surface area (Å²) in [7, 11) is 1.74. The molecule has 0 bridgehead atoms. The second-order valence-electron chi connectivity index (χ2n) is 7.41. The first kappa shape index (κ1) is 17.1. The van der Waals surface area contributed by atoms with Gasteiger partial charge in [-0.25, -0.2) is 4.39 Å². The molecule has 10 heteroatoms. The van der Waals surface area contributed by atoms with Gasteiger partial charge in [-0.05, 0) is 18.2 Å². The van der Waals surface area contributed by atoms with Crippen molar-refractivity contribution in [2.75, 3.05) is 18.5 Å². The Kier molecular flexibility index (Phi) is 3.46. The predicted octanol–water partition coefficient (Wildman–Crippen LogP) is 2.46. The minimum absolute atomic E-state index is 0.0293. The number of aromatic nitrogens is 5. The lowest BCUT2D eigenvalue weighted by Crippen LogP contribution is -2.13. The first-order valence-corrected chi connectivity index (χ1v) is 9.50. The molecular formula is C20H17FN6O3. The highest BCUT2D eigenvalue weighted by Crippen LogP contribution is 2.42. The summed E-state index contributed by atoms with van der Waals surface area (Å²) in [5, 5.41) is 26.0. The van der Waals surface area contributed by atoms with E-state index >= 15 is 0 Å². The van der Waals surface area contributed by atoms with Gasteiger partial charge in [0.25, 0.3) is 0 Å². The van der Waals surface area contributed by atoms with Crippen LogP contribution in [0.3, 0.4) is 0 Å². The Morgan fingerprint density at radius 3 is 2.87 bits per heavy atom. The maximum absolute atomic E-state index is 14.7. The van der Waals surface area contributed by atoms with Gasteiger partial charge in [-0.2, -0.15) is 5.10 Å². The minimum Gasteiger partial charge on any atom is -0.504 e. The van der Waals surface area contributed by atoms with Crippen molar-refractivity contribution in [2.24, 2.45) is 7.05 Å². The lowest BCUT2D eigenvalue weighted by Gasteiger charge is -2.16. The molecule has 2 aliphatic rings. The summed E-state index contributed by atoms with van der Waals surface area (Å²) in [6.07, 6.45) is 2.93. The van der Waals surface area contributed by atoms with Gasteiger partial charge in [-0.1, -0.05) is 0 Å². The Morgan fingerprint density at radius 1 is 1.23 bits per heavy atom. The molecule has 0 radical (unpaired) electrons. The molecule has 0 saturated carbocycles. The van der Waals surface area contributed by atoms with Crippen molar-refractivity contribution < 1.29 is 19.0 Å². The van der Waals surface area contributed by atoms with E-state index in [1.54, 1.807) is 34.6 Å². The predicted molar refractivity (Wildman–Crippen MR) is 104 cm³/mol. The molecule has 0 amide bonds. The molecule has 2 aliphatic heterocycles. The molecule has 3 aromatic heterocycles. The van der Waals surface area contributed by atoms with Gasteiger partial charge in [0.15, 0.2) is 23.0 Å². The van der Waals surface area contributed by atoms with E-state index in [1.165, 1.54) is 12.3 Å². The van der Waals surface area contributed by atoms with Gasteiger partial charge in [-0.3, -0.25) is 9.08 Å². The van der Waals surface area contributed by atoms with Crippen LogP contribution in [-0.2, 0) is 13.6 Å². The van der Waals surface area contributed by atoms with Crippen molar-refractivity contribution in [3.8, 4) is 28.5 Å². The molecule has 1 atom stereocenters. The third-order valence-corrected chi connectivity index (χ3v) is 5.69. The second kappa shape index (κ2) is 6.09. The highest BCUT2D eigenvalue weighted by atomic mass is 19.1. The van der Waals surface area contributed by atoms with Crippen molar-refractivity contribution >= 4 is 11.5 Å². The molecule has 2 N–H and O–H groups in total. The second-order valence-corrected chi connectivity index (χ2v) is 7.41. The fourth-order valence-corrected chi connectivity index (χ4v) is 4.30. The highest BCUT2D eigenvalue weighted by molar-refractivity contribution is 5.82. The van der Waals surface area contributed by atoms with E-state index in [0.29, 0.717) is 53.0 Å². The number of pyridine rings is 1. The van der Waals surface area contributed by atoms with E-state index < -0.39 is 0 Å². The number of halogens is 1. The summed E-state index contributed by atoms with van der Waals surface area (Å²) < 4.78 is 29.9. The summed E-state index contributed by atoms with van der Waals surface area (Å²) >= 11 is 0. The number of ether oxygens (including phenoxy) is 2. The van der Waals surface area contributed by atoms with Crippen LogP contribution in [0, 0.1) is 5.82 Å². The van der Waals surface area contributed by atoms with Gasteiger partial charge >= 0.3 is 0 Å². The van der Waals surface area contributed by atoms with Crippen LogP contribution in [0.25, 0.3) is 16.9 Å². The molecule has 1 aromatic carbocycles. The smallest absolute Gasteiger partial charge is 0.172 e. The number of nitrogens with one attached hydrogen (secondary N) is 1. The Labute approximate surface area is 169 Å². The molecule has 6 rings (SSSR count). The molecule has 0 aliphatic carbocycles. The standard InChI is InChI=1S/C20H17FN6O3/c1-26-18(14(28)6-24-26)11-4-16-20(27-9-23-25-19(11)27)22-5-12-13(21)2-3-15-17(12)10(7-29-15)8-30-16/h2-4,6,9-10,22,28H,5,7-8H2,1H3/t10-/m0/s1. The fraction of sp³-hybridized carbons (Fsp3) is 0.250. The maximum Gasteiger partial charge on any atom is 0.172 e. The summed E-state index contributed by atoms with van der Waals surface area (Å²) in [6, 6.07) is 4.90. The van der Waals surface area contributed by atoms with E-state index in [0.717, 1.165) is 5.56 Å². The monoisotopic (exact) mass is 408 g/mol. The van der Waals surface area contributed by atoms with Crippen LogP contribution >= 0.6 is 0 Å². The van der Waals surface area contributed by atoms with Crippen LogP contribution in [0.5, 0.6) is 17.2 Å². The largest absolute Gasteiger partial charge is 0.504 e. The third kappa shape index (κ3) is 2.30. The van der Waals surface area contributed by atoms with E-state index in [4.69, 9.17) is 9.47 Å². The van der Waals surface area contributed by atoms with Crippen molar-refractivity contribution in [3.63, 3.8) is 0 Å². The number of aromatic hydroxyl groups is 1. The van der Waals surface area contributed by atoms with Gasteiger partial charge in [0, 0.05) is 24.7 Å². The Bertz CT molecular complexity index is 1290. The van der Waals surface area contributed by atoms with E-state index in [9.17, 15) is 9.50 Å². The fourth-order valence-electron chi connectivity index (χ4n) is 4.30. The molecule has 0 spiro atoms. The van der Waals surface area contributed by atoms with Crippen molar-refractivity contribution in [1.82, 2.24) is 24.4 Å². The SMILES string of the molecule is Cn1ncc(O)c1-c1cc2c(n3cnnc13)NCc1c(F)ccc3c1[C@@H](CO3)CO2. The molecule has 5 heterocycles. The molecule has 30 heavy (non-hydrogen) atoms. The summed E-state index contributed by atoms with van der Waals surface area (Å²) in [6.45, 7) is 1.02. The molecule has 0 saturated heterocycles. The number of anilines is 1. The molecule has 0 fully saturated rings. The lowest BCUT2D eigenvalue weighted by atomic mass is 9.96. The lowest BCUT2D eigenvalue weighted by molar-refractivity contribution is 0.249. The average Bonchev–Trinajstić information content (AvgIpc) is 3.45. The van der Waals surface area contributed by atoms with Gasteiger partial charge in [-0.15, -0.1) is 10.2 Å². The Hall–Kier alpha value is -3.82. The minimum atomic E-state index is -0.281. The van der Waals surface area contributed by atoms with Crippen LogP contribution in [0.2, 0.25) is 0 Å². The number of nitrogens with zero attached hydrogens (tertiary/aromatic N) is 5. The molecule has 0 unspecified atom stereocenters. The van der Waals surface area contributed by atoms with Gasteiger partial charge in [0.2, 0.25) is 0 Å². The first-order valence-electron chi connectivity index (χ1n) is 9.50. The molecule has 152 valence electrons. The summed E-state index contributed by atoms with van der Waals surface area (Å²) in [5.41, 5.74) is 3.06. The van der Waals surface area contributed by atoms with Gasteiger partial charge in [0.1, 0.15) is 23.6 Å². The molecular weight excluding hydrogens is 391 g/mol. The zero-order valence-electron chi connectivity index (χ0n) is 16.0. The molecule has 4 aromatic rings. The number of aryl methyl sites for hydroxylation is 1. The zero-order valence-corrected chi connectivity index (χ0v) is 16.0. The van der Waals surface area contributed by atoms with Crippen LogP contribution in [0.4, 0.5) is 10.2 Å². The van der Waals surface area contributed by atoms with Crippen molar-refractivity contribution in [1.29, 1.82) is 0 Å². The van der Waals surface area contributed by atoms with Gasteiger partial charge < -0.3 is 19.9 Å². The number of hydrogen-bond donors (Lipinski definition) is 2. The van der Waals surface area contributed by atoms with Crippen molar-refractivity contribution in [2.45, 2.75) is 12.5 Å². The van der Waals surface area contributed by atoms with Crippen LogP contribution in [-0.4, -0.2) is 42.7 Å². The third-order valence-electron chi connectivity index (χ3n) is 5.69. The number of hydrogen-bond acceptors (Lipinski definition) is 7. The maximum atomic E-state index is 14.7. The average molecular weight is 408 g/mol. The van der Waals surface area contributed by atoms with Crippen LogP contribution in [0.1, 0.15) is 17.0 Å². The first-order chi connectivity index (χ1) is 14.6. The Morgan fingerprint density at radius 2 is 2.07 bits per heavy atom. The highest BCUT2D eigenvalue weighted by Gasteiger charge is 2.32. The number of benzene rings is 1. The van der Waals surface area contributed by atoms with Gasteiger partial charge in [0.05, 0.1) is 30.9 Å². The summed E-state index contributed by atoms with van der Waals surface area (Å²) in [5.74, 6) is 1.52. The zero-order chi connectivity index (χ0) is 20.4. The number of fused-ring (bicyclic) bond motifs is 3. The topological polar surface area (TPSA) is 98.7 Å². The van der Waals surface area contributed by atoms with Crippen LogP contribution in [0.15, 0.2) is 30.7 Å². The van der Waals surface area contributed by atoms with E-state index in [-0.39, 0.29) is 24.0 Å². The molecule has 9 nitrogen and oxygen atoms in total. The normalized spacial score (nSPS) is 17.2.